The van der Waals surface area contributed by atoms with E-state index in [-0.39, 0.29) is 0 Å². The van der Waals surface area contributed by atoms with E-state index in [0.717, 1.165) is 44.9 Å². The molecule has 0 spiro atoms. The number of ether oxygens (including phenoxy) is 1. The molecule has 4 nitrogen and oxygen atoms in total. The molecule has 1 rings (SSSR count). The standard InChI is InChI=1S/C16H33N3O/c1-3-12-18-16(17-2)19-13-8-9-14-20-15-10-6-4-5-7-11-15/h15H,3-14H2,1-2H3,(H2,17,18,19). The van der Waals surface area contributed by atoms with E-state index in [0.29, 0.717) is 6.10 Å². The van der Waals surface area contributed by atoms with Crippen molar-refractivity contribution in [3.8, 4) is 0 Å². The van der Waals surface area contributed by atoms with Gasteiger partial charge in [0.25, 0.3) is 0 Å². The van der Waals surface area contributed by atoms with Gasteiger partial charge in [0.05, 0.1) is 6.10 Å². The van der Waals surface area contributed by atoms with Crippen molar-refractivity contribution in [2.24, 2.45) is 4.99 Å². The molecule has 0 heterocycles. The third kappa shape index (κ3) is 8.41. The quantitative estimate of drug-likeness (QED) is 0.311. The number of aliphatic imine (C=N–C) groups is 1. The van der Waals surface area contributed by atoms with Gasteiger partial charge in [0.2, 0.25) is 0 Å². The average Bonchev–Trinajstić information content (AvgIpc) is 2.74. The summed E-state index contributed by atoms with van der Waals surface area (Å²) in [4.78, 5) is 4.19. The van der Waals surface area contributed by atoms with Crippen LogP contribution in [0.5, 0.6) is 0 Å². The van der Waals surface area contributed by atoms with Crippen molar-refractivity contribution < 1.29 is 4.74 Å². The van der Waals surface area contributed by atoms with Gasteiger partial charge in [-0.2, -0.15) is 0 Å². The first-order chi connectivity index (χ1) is 9.86. The summed E-state index contributed by atoms with van der Waals surface area (Å²) in [5, 5.41) is 6.61. The number of nitrogens with one attached hydrogen (secondary N) is 2. The molecule has 4 heteroatoms. The molecule has 0 aromatic rings. The third-order valence-electron chi connectivity index (χ3n) is 3.79. The highest BCUT2D eigenvalue weighted by Gasteiger charge is 2.11. The molecule has 0 unspecified atom stereocenters. The van der Waals surface area contributed by atoms with Crippen LogP contribution in [0, 0.1) is 0 Å². The lowest BCUT2D eigenvalue weighted by atomic mass is 10.1. The summed E-state index contributed by atoms with van der Waals surface area (Å²) >= 11 is 0. The number of guanidine groups is 1. The summed E-state index contributed by atoms with van der Waals surface area (Å²) in [6.07, 6.45) is 12.0. The predicted molar refractivity (Wildman–Crippen MR) is 86.3 cm³/mol. The molecule has 0 saturated heterocycles. The second kappa shape index (κ2) is 12.0. The van der Waals surface area contributed by atoms with Crippen LogP contribution in [0.25, 0.3) is 0 Å². The van der Waals surface area contributed by atoms with E-state index in [1.54, 1.807) is 0 Å². The molecule has 0 bridgehead atoms. The molecule has 0 atom stereocenters. The van der Waals surface area contributed by atoms with Crippen LogP contribution in [0.2, 0.25) is 0 Å². The van der Waals surface area contributed by atoms with Crippen LogP contribution in [0.1, 0.15) is 64.7 Å². The van der Waals surface area contributed by atoms with Crippen molar-refractivity contribution >= 4 is 5.96 Å². The van der Waals surface area contributed by atoms with Gasteiger partial charge in [0.1, 0.15) is 0 Å². The molecule has 0 aromatic carbocycles. The zero-order valence-electron chi connectivity index (χ0n) is 13.4. The van der Waals surface area contributed by atoms with Crippen LogP contribution in [0.3, 0.4) is 0 Å². The zero-order chi connectivity index (χ0) is 14.5. The number of nitrogens with zero attached hydrogens (tertiary/aromatic N) is 1. The van der Waals surface area contributed by atoms with Gasteiger partial charge < -0.3 is 15.4 Å². The minimum Gasteiger partial charge on any atom is -0.378 e. The third-order valence-corrected chi connectivity index (χ3v) is 3.79. The van der Waals surface area contributed by atoms with Crippen molar-refractivity contribution in [2.75, 3.05) is 26.7 Å². The second-order valence-corrected chi connectivity index (χ2v) is 5.62. The monoisotopic (exact) mass is 283 g/mol. The number of rotatable bonds is 8. The van der Waals surface area contributed by atoms with E-state index in [2.05, 4.69) is 22.5 Å². The molecule has 1 aliphatic carbocycles. The van der Waals surface area contributed by atoms with Crippen LogP contribution in [0.15, 0.2) is 4.99 Å². The molecule has 0 aliphatic heterocycles. The van der Waals surface area contributed by atoms with Gasteiger partial charge >= 0.3 is 0 Å². The van der Waals surface area contributed by atoms with E-state index < -0.39 is 0 Å². The molecule has 1 aliphatic rings. The summed E-state index contributed by atoms with van der Waals surface area (Å²) in [5.41, 5.74) is 0. The van der Waals surface area contributed by atoms with Crippen molar-refractivity contribution in [2.45, 2.75) is 70.8 Å². The summed E-state index contributed by atoms with van der Waals surface area (Å²) in [6.45, 7) is 5.01. The maximum Gasteiger partial charge on any atom is 0.190 e. The van der Waals surface area contributed by atoms with E-state index in [9.17, 15) is 0 Å². The number of hydrogen-bond acceptors (Lipinski definition) is 2. The SMILES string of the molecule is CCCNC(=NC)NCCCCOC1CCCCCC1. The highest BCUT2D eigenvalue weighted by molar-refractivity contribution is 5.79. The van der Waals surface area contributed by atoms with Gasteiger partial charge in [-0.3, -0.25) is 4.99 Å². The lowest BCUT2D eigenvalue weighted by Crippen LogP contribution is -2.38. The van der Waals surface area contributed by atoms with Gasteiger partial charge in [-0.25, -0.2) is 0 Å². The fourth-order valence-corrected chi connectivity index (χ4v) is 2.56. The van der Waals surface area contributed by atoms with E-state index in [4.69, 9.17) is 4.74 Å². The minimum atomic E-state index is 0.532. The molecular formula is C16H33N3O. The molecule has 0 radical (unpaired) electrons. The lowest BCUT2D eigenvalue weighted by molar-refractivity contribution is 0.0411. The van der Waals surface area contributed by atoms with Gasteiger partial charge in [-0.05, 0) is 32.1 Å². The molecule has 1 saturated carbocycles. The van der Waals surface area contributed by atoms with Crippen molar-refractivity contribution in [3.05, 3.63) is 0 Å². The molecule has 118 valence electrons. The maximum absolute atomic E-state index is 5.99. The van der Waals surface area contributed by atoms with Gasteiger partial charge in [0, 0.05) is 26.7 Å². The van der Waals surface area contributed by atoms with Crippen molar-refractivity contribution in [1.29, 1.82) is 0 Å². The summed E-state index contributed by atoms with van der Waals surface area (Å²) in [7, 11) is 1.82. The highest BCUT2D eigenvalue weighted by atomic mass is 16.5. The van der Waals surface area contributed by atoms with Crippen LogP contribution in [0.4, 0.5) is 0 Å². The largest absolute Gasteiger partial charge is 0.378 e. The Labute approximate surface area is 124 Å². The highest BCUT2D eigenvalue weighted by Crippen LogP contribution is 2.19. The van der Waals surface area contributed by atoms with Crippen LogP contribution < -0.4 is 10.6 Å². The first kappa shape index (κ1) is 17.3. The van der Waals surface area contributed by atoms with Crippen molar-refractivity contribution in [3.63, 3.8) is 0 Å². The zero-order valence-corrected chi connectivity index (χ0v) is 13.4. The Hall–Kier alpha value is -0.770. The normalized spacial score (nSPS) is 17.8. The van der Waals surface area contributed by atoms with Gasteiger partial charge in [-0.1, -0.05) is 32.6 Å². The van der Waals surface area contributed by atoms with Gasteiger partial charge in [0.15, 0.2) is 5.96 Å². The Bertz CT molecular complexity index is 248. The Morgan fingerprint density at radius 2 is 1.75 bits per heavy atom. The molecule has 2 N–H and O–H groups in total. The smallest absolute Gasteiger partial charge is 0.190 e. The molecule has 0 aromatic heterocycles. The second-order valence-electron chi connectivity index (χ2n) is 5.62. The number of unbranched alkanes of at least 4 members (excludes halogenated alkanes) is 1. The Morgan fingerprint density at radius 3 is 2.40 bits per heavy atom. The summed E-state index contributed by atoms with van der Waals surface area (Å²) in [5.74, 6) is 0.913. The van der Waals surface area contributed by atoms with E-state index >= 15 is 0 Å². The Balaban J connectivity index is 1.95. The average molecular weight is 283 g/mol. The topological polar surface area (TPSA) is 45.7 Å². The molecule has 1 fully saturated rings. The van der Waals surface area contributed by atoms with Gasteiger partial charge in [-0.15, -0.1) is 0 Å². The predicted octanol–water partition coefficient (Wildman–Crippen LogP) is 3.08. The number of hydrogen-bond donors (Lipinski definition) is 2. The lowest BCUT2D eigenvalue weighted by Gasteiger charge is -2.15. The van der Waals surface area contributed by atoms with E-state index in [1.165, 1.54) is 38.5 Å². The first-order valence-corrected chi connectivity index (χ1v) is 8.43. The maximum atomic E-state index is 5.99. The minimum absolute atomic E-state index is 0.532. The molecule has 0 amide bonds. The summed E-state index contributed by atoms with van der Waals surface area (Å²) in [6, 6.07) is 0. The fraction of sp³-hybridized carbons (Fsp3) is 0.938. The summed E-state index contributed by atoms with van der Waals surface area (Å²) < 4.78 is 5.99. The van der Waals surface area contributed by atoms with Crippen LogP contribution >= 0.6 is 0 Å². The molecule has 20 heavy (non-hydrogen) atoms. The van der Waals surface area contributed by atoms with E-state index in [1.807, 2.05) is 7.05 Å². The fourth-order valence-electron chi connectivity index (χ4n) is 2.56. The Morgan fingerprint density at radius 1 is 1.05 bits per heavy atom. The molecular weight excluding hydrogens is 250 g/mol. The van der Waals surface area contributed by atoms with Crippen molar-refractivity contribution in [1.82, 2.24) is 10.6 Å². The Kier molecular flexibility index (Phi) is 10.4. The first-order valence-electron chi connectivity index (χ1n) is 8.43. The van der Waals surface area contributed by atoms with Crippen LogP contribution in [-0.2, 0) is 4.74 Å². The van der Waals surface area contributed by atoms with Crippen LogP contribution in [-0.4, -0.2) is 38.8 Å².